The van der Waals surface area contributed by atoms with Gasteiger partial charge in [0.1, 0.15) is 0 Å². The Morgan fingerprint density at radius 2 is 2.00 bits per heavy atom. The summed E-state index contributed by atoms with van der Waals surface area (Å²) in [6.45, 7) is 6.94. The van der Waals surface area contributed by atoms with Crippen molar-refractivity contribution < 1.29 is 14.6 Å². The summed E-state index contributed by atoms with van der Waals surface area (Å²) in [4.78, 5) is 2.24. The molecule has 0 atom stereocenters. The van der Waals surface area contributed by atoms with E-state index in [1.54, 1.807) is 7.11 Å². The van der Waals surface area contributed by atoms with Gasteiger partial charge < -0.3 is 14.6 Å². The fourth-order valence-electron chi connectivity index (χ4n) is 2.17. The highest BCUT2D eigenvalue weighted by atomic mass is 16.5. The van der Waals surface area contributed by atoms with Gasteiger partial charge in [-0.3, -0.25) is 4.90 Å². The first-order valence-corrected chi connectivity index (χ1v) is 6.21. The Labute approximate surface area is 98.5 Å². The summed E-state index contributed by atoms with van der Waals surface area (Å²) in [5.41, 5.74) is -0.412. The molecular formula is C12H25NO3. The van der Waals surface area contributed by atoms with Crippen LogP contribution in [0.4, 0.5) is 0 Å². The van der Waals surface area contributed by atoms with Crippen molar-refractivity contribution in [2.45, 2.75) is 31.8 Å². The molecule has 1 aliphatic rings. The van der Waals surface area contributed by atoms with E-state index in [4.69, 9.17) is 9.47 Å². The van der Waals surface area contributed by atoms with E-state index in [0.717, 1.165) is 58.7 Å². The van der Waals surface area contributed by atoms with E-state index in [2.05, 4.69) is 11.8 Å². The highest BCUT2D eigenvalue weighted by Gasteiger charge is 2.39. The summed E-state index contributed by atoms with van der Waals surface area (Å²) < 4.78 is 10.4. The highest BCUT2D eigenvalue weighted by molar-refractivity contribution is 4.94. The van der Waals surface area contributed by atoms with Crippen LogP contribution in [0.15, 0.2) is 0 Å². The van der Waals surface area contributed by atoms with Gasteiger partial charge in [-0.05, 0) is 12.8 Å². The van der Waals surface area contributed by atoms with E-state index in [-0.39, 0.29) is 0 Å². The molecule has 1 saturated heterocycles. The molecule has 96 valence electrons. The predicted molar refractivity (Wildman–Crippen MR) is 63.6 cm³/mol. The minimum absolute atomic E-state index is 0.412. The van der Waals surface area contributed by atoms with Crippen LogP contribution in [0.1, 0.15) is 26.2 Å². The molecule has 1 N–H and O–H groups in total. The quantitative estimate of drug-likeness (QED) is 0.598. The van der Waals surface area contributed by atoms with Gasteiger partial charge in [0, 0.05) is 40.0 Å². The topological polar surface area (TPSA) is 41.9 Å². The molecule has 1 heterocycles. The summed E-state index contributed by atoms with van der Waals surface area (Å²) in [5, 5.41) is 9.95. The number of methoxy groups -OCH3 is 1. The normalized spacial score (nSPS) is 19.7. The minimum Gasteiger partial charge on any atom is -0.387 e. The predicted octanol–water partition coefficient (Wildman–Crippen LogP) is 0.886. The second kappa shape index (κ2) is 7.22. The van der Waals surface area contributed by atoms with Crippen LogP contribution in [0.5, 0.6) is 0 Å². The number of hydrogen-bond acceptors (Lipinski definition) is 4. The van der Waals surface area contributed by atoms with E-state index >= 15 is 0 Å². The second-order valence-corrected chi connectivity index (χ2v) is 4.64. The molecule has 1 fully saturated rings. The smallest absolute Gasteiger partial charge is 0.0900 e. The lowest BCUT2D eigenvalue weighted by molar-refractivity contribution is -0.108. The van der Waals surface area contributed by atoms with Gasteiger partial charge in [-0.1, -0.05) is 13.3 Å². The number of likely N-dealkylation sites (tertiary alicyclic amines) is 1. The Bertz CT molecular complexity index is 181. The molecular weight excluding hydrogens is 206 g/mol. The average molecular weight is 231 g/mol. The van der Waals surface area contributed by atoms with Crippen molar-refractivity contribution in [1.82, 2.24) is 4.90 Å². The van der Waals surface area contributed by atoms with E-state index < -0.39 is 5.60 Å². The van der Waals surface area contributed by atoms with Gasteiger partial charge in [0.05, 0.1) is 12.2 Å². The first kappa shape index (κ1) is 13.9. The SMILES string of the molecule is CCCC1(O)CN(CCOCCCOC)C1. The number of nitrogens with zero attached hydrogens (tertiary/aromatic N) is 1. The zero-order valence-electron chi connectivity index (χ0n) is 10.6. The first-order chi connectivity index (χ1) is 7.70. The van der Waals surface area contributed by atoms with Crippen LogP contribution in [0, 0.1) is 0 Å². The summed E-state index contributed by atoms with van der Waals surface area (Å²) >= 11 is 0. The van der Waals surface area contributed by atoms with Crippen LogP contribution < -0.4 is 0 Å². The van der Waals surface area contributed by atoms with Gasteiger partial charge in [-0.25, -0.2) is 0 Å². The van der Waals surface area contributed by atoms with E-state index in [0.29, 0.717) is 0 Å². The number of hydrogen-bond donors (Lipinski definition) is 1. The Balaban J connectivity index is 1.89. The minimum atomic E-state index is -0.412. The van der Waals surface area contributed by atoms with Crippen molar-refractivity contribution in [3.63, 3.8) is 0 Å². The second-order valence-electron chi connectivity index (χ2n) is 4.64. The Morgan fingerprint density at radius 1 is 1.25 bits per heavy atom. The number of aliphatic hydroxyl groups is 1. The van der Waals surface area contributed by atoms with Crippen LogP contribution >= 0.6 is 0 Å². The zero-order chi connectivity index (χ0) is 11.9. The summed E-state index contributed by atoms with van der Waals surface area (Å²) in [6, 6.07) is 0. The molecule has 1 aliphatic heterocycles. The van der Waals surface area contributed by atoms with E-state index in [9.17, 15) is 5.11 Å². The maximum absolute atomic E-state index is 9.95. The lowest BCUT2D eigenvalue weighted by Crippen LogP contribution is -2.62. The standard InChI is InChI=1S/C12H25NO3/c1-3-5-12(14)10-13(11-12)6-9-16-8-4-7-15-2/h14H,3-11H2,1-2H3. The third-order valence-electron chi connectivity index (χ3n) is 2.94. The van der Waals surface area contributed by atoms with Crippen LogP contribution in [0.25, 0.3) is 0 Å². The van der Waals surface area contributed by atoms with Crippen molar-refractivity contribution >= 4 is 0 Å². The van der Waals surface area contributed by atoms with Crippen LogP contribution in [-0.2, 0) is 9.47 Å². The van der Waals surface area contributed by atoms with Gasteiger partial charge in [0.15, 0.2) is 0 Å². The number of β-amino-alcohol motifs (C(OH)–C–C–N with tert-alkyl or cyclic N) is 1. The molecule has 0 aromatic rings. The van der Waals surface area contributed by atoms with Crippen molar-refractivity contribution in [2.24, 2.45) is 0 Å². The molecule has 1 rings (SSSR count). The van der Waals surface area contributed by atoms with Gasteiger partial charge in [0.25, 0.3) is 0 Å². The molecule has 0 saturated carbocycles. The summed E-state index contributed by atoms with van der Waals surface area (Å²) in [7, 11) is 1.70. The van der Waals surface area contributed by atoms with E-state index in [1.165, 1.54) is 0 Å². The molecule has 0 unspecified atom stereocenters. The summed E-state index contributed by atoms with van der Waals surface area (Å²) in [5.74, 6) is 0. The molecule has 4 heteroatoms. The van der Waals surface area contributed by atoms with Crippen molar-refractivity contribution in [1.29, 1.82) is 0 Å². The molecule has 0 radical (unpaired) electrons. The zero-order valence-corrected chi connectivity index (χ0v) is 10.6. The third-order valence-corrected chi connectivity index (χ3v) is 2.94. The monoisotopic (exact) mass is 231 g/mol. The molecule has 0 aliphatic carbocycles. The third kappa shape index (κ3) is 4.78. The van der Waals surface area contributed by atoms with Crippen molar-refractivity contribution in [2.75, 3.05) is 46.6 Å². The van der Waals surface area contributed by atoms with Gasteiger partial charge >= 0.3 is 0 Å². The molecule has 0 aromatic heterocycles. The Kier molecular flexibility index (Phi) is 6.28. The van der Waals surface area contributed by atoms with Gasteiger partial charge in [-0.15, -0.1) is 0 Å². The van der Waals surface area contributed by atoms with Gasteiger partial charge in [0.2, 0.25) is 0 Å². The number of ether oxygens (including phenoxy) is 2. The average Bonchev–Trinajstić information content (AvgIpc) is 2.21. The fourth-order valence-corrected chi connectivity index (χ4v) is 2.17. The van der Waals surface area contributed by atoms with Crippen molar-refractivity contribution in [3.8, 4) is 0 Å². The molecule has 16 heavy (non-hydrogen) atoms. The van der Waals surface area contributed by atoms with Gasteiger partial charge in [-0.2, -0.15) is 0 Å². The molecule has 0 bridgehead atoms. The summed E-state index contributed by atoms with van der Waals surface area (Å²) in [6.07, 6.45) is 2.92. The Hall–Kier alpha value is -0.160. The fraction of sp³-hybridized carbons (Fsp3) is 1.00. The first-order valence-electron chi connectivity index (χ1n) is 6.21. The molecule has 4 nitrogen and oxygen atoms in total. The lowest BCUT2D eigenvalue weighted by atomic mass is 9.89. The largest absolute Gasteiger partial charge is 0.387 e. The van der Waals surface area contributed by atoms with Crippen molar-refractivity contribution in [3.05, 3.63) is 0 Å². The lowest BCUT2D eigenvalue weighted by Gasteiger charge is -2.46. The maximum atomic E-state index is 9.95. The van der Waals surface area contributed by atoms with Crippen LogP contribution in [0.3, 0.4) is 0 Å². The van der Waals surface area contributed by atoms with Crippen LogP contribution in [0.2, 0.25) is 0 Å². The van der Waals surface area contributed by atoms with E-state index in [1.807, 2.05) is 0 Å². The Morgan fingerprint density at radius 3 is 2.62 bits per heavy atom. The molecule has 0 spiro atoms. The highest BCUT2D eigenvalue weighted by Crippen LogP contribution is 2.24. The molecule has 0 aromatic carbocycles. The maximum Gasteiger partial charge on any atom is 0.0900 e. The van der Waals surface area contributed by atoms with Crippen LogP contribution in [-0.4, -0.2) is 62.2 Å². The number of rotatable bonds is 9. The molecule has 0 amide bonds.